The molecule has 1 fully saturated rings. The average molecular weight is 467 g/mol. The van der Waals surface area contributed by atoms with Crippen LogP contribution in [0, 0.1) is 0 Å². The second-order valence-corrected chi connectivity index (χ2v) is 8.59. The summed E-state index contributed by atoms with van der Waals surface area (Å²) in [5, 5.41) is 13.0. The molecule has 0 bridgehead atoms. The molecule has 1 aliphatic heterocycles. The summed E-state index contributed by atoms with van der Waals surface area (Å²) in [5.41, 5.74) is 1.46. The molecule has 0 unspecified atom stereocenters. The van der Waals surface area contributed by atoms with Crippen molar-refractivity contribution in [2.45, 2.75) is 31.6 Å². The lowest BCUT2D eigenvalue weighted by atomic mass is 9.92. The van der Waals surface area contributed by atoms with E-state index in [0.29, 0.717) is 35.5 Å². The van der Waals surface area contributed by atoms with E-state index in [-0.39, 0.29) is 12.5 Å². The maximum atomic E-state index is 12.3. The molecule has 3 rings (SSSR count). The first kappa shape index (κ1) is 23.8. The van der Waals surface area contributed by atoms with E-state index >= 15 is 0 Å². The monoisotopic (exact) mass is 466 g/mol. The van der Waals surface area contributed by atoms with Gasteiger partial charge >= 0.3 is 0 Å². The van der Waals surface area contributed by atoms with Crippen molar-refractivity contribution < 1.29 is 19.4 Å². The zero-order chi connectivity index (χ0) is 22.3. The molecule has 6 nitrogen and oxygen atoms in total. The average Bonchev–Trinajstić information content (AvgIpc) is 2.80. The number of amides is 1. The van der Waals surface area contributed by atoms with Gasteiger partial charge in [-0.05, 0) is 36.1 Å². The molecule has 168 valence electrons. The smallest absolute Gasteiger partial charge is 0.234 e. The number of aliphatic hydroxyl groups excluding tert-OH is 1. The minimum absolute atomic E-state index is 0.0109. The molecule has 31 heavy (non-hydrogen) atoms. The fourth-order valence-electron chi connectivity index (χ4n) is 3.53. The zero-order valence-electron chi connectivity index (χ0n) is 17.6. The molecule has 2 N–H and O–H groups in total. The number of carbonyl (C=O) groups excluding carboxylic acids is 1. The van der Waals surface area contributed by atoms with Gasteiger partial charge in [-0.25, -0.2) is 0 Å². The summed E-state index contributed by atoms with van der Waals surface area (Å²) in [6.45, 7) is 2.74. The van der Waals surface area contributed by atoms with Crippen LogP contribution in [0.5, 0.6) is 5.75 Å². The maximum absolute atomic E-state index is 12.3. The van der Waals surface area contributed by atoms with Gasteiger partial charge in [-0.3, -0.25) is 9.69 Å². The number of hydrogen-bond donors (Lipinski definition) is 2. The highest BCUT2D eigenvalue weighted by molar-refractivity contribution is 6.42. The Hall–Kier alpha value is -1.83. The molecule has 0 saturated carbocycles. The van der Waals surface area contributed by atoms with Gasteiger partial charge in [-0.2, -0.15) is 0 Å². The third kappa shape index (κ3) is 6.82. The van der Waals surface area contributed by atoms with Crippen LogP contribution in [0.1, 0.15) is 24.0 Å². The van der Waals surface area contributed by atoms with Crippen molar-refractivity contribution >= 4 is 29.1 Å². The number of methoxy groups -OCH3 is 1. The van der Waals surface area contributed by atoms with Gasteiger partial charge < -0.3 is 19.9 Å². The van der Waals surface area contributed by atoms with Crippen LogP contribution in [0.3, 0.4) is 0 Å². The Morgan fingerprint density at radius 3 is 2.39 bits per heavy atom. The normalized spacial score (nSPS) is 16.1. The van der Waals surface area contributed by atoms with E-state index in [1.807, 2.05) is 24.3 Å². The topological polar surface area (TPSA) is 71.0 Å². The molecule has 1 heterocycles. The van der Waals surface area contributed by atoms with Gasteiger partial charge in [-0.1, -0.05) is 47.5 Å². The highest BCUT2D eigenvalue weighted by Crippen LogP contribution is 2.30. The van der Waals surface area contributed by atoms with Crippen molar-refractivity contribution in [3.63, 3.8) is 0 Å². The fourth-order valence-corrected chi connectivity index (χ4v) is 3.82. The van der Waals surface area contributed by atoms with Gasteiger partial charge in [0, 0.05) is 32.8 Å². The summed E-state index contributed by atoms with van der Waals surface area (Å²) < 4.78 is 11.7. The lowest BCUT2D eigenvalue weighted by Gasteiger charge is -2.40. The van der Waals surface area contributed by atoms with Crippen LogP contribution in [0.2, 0.25) is 10.0 Å². The summed E-state index contributed by atoms with van der Waals surface area (Å²) >= 11 is 12.0. The number of piperidine rings is 1. The first-order chi connectivity index (χ1) is 14.9. The van der Waals surface area contributed by atoms with E-state index in [9.17, 15) is 4.79 Å². The van der Waals surface area contributed by atoms with Crippen molar-refractivity contribution in [1.82, 2.24) is 10.2 Å². The van der Waals surface area contributed by atoms with Crippen LogP contribution in [0.15, 0.2) is 42.5 Å². The van der Waals surface area contributed by atoms with E-state index in [4.69, 9.17) is 37.8 Å². The highest BCUT2D eigenvalue weighted by atomic mass is 35.5. The van der Waals surface area contributed by atoms with Crippen LogP contribution >= 0.6 is 23.2 Å². The predicted octanol–water partition coefficient (Wildman–Crippen LogP) is 3.66. The van der Waals surface area contributed by atoms with Gasteiger partial charge in [0.05, 0.1) is 23.2 Å². The van der Waals surface area contributed by atoms with Crippen LogP contribution in [0.4, 0.5) is 0 Å². The summed E-state index contributed by atoms with van der Waals surface area (Å²) in [5.74, 6) is 0.642. The number of rotatable bonds is 9. The van der Waals surface area contributed by atoms with Crippen LogP contribution in [0.25, 0.3) is 0 Å². The van der Waals surface area contributed by atoms with Crippen LogP contribution in [-0.2, 0) is 22.7 Å². The fraction of sp³-hybridized carbons (Fsp3) is 0.435. The number of hydrogen-bond acceptors (Lipinski definition) is 5. The predicted molar refractivity (Wildman–Crippen MR) is 122 cm³/mol. The Balaban J connectivity index is 1.43. The zero-order valence-corrected chi connectivity index (χ0v) is 19.1. The number of nitrogens with zero attached hydrogens (tertiary/aromatic N) is 1. The highest BCUT2D eigenvalue weighted by Gasteiger charge is 2.36. The Labute approximate surface area is 193 Å². The molecular formula is C23H28Cl2N2O4. The van der Waals surface area contributed by atoms with Crippen LogP contribution in [-0.4, -0.2) is 54.9 Å². The number of benzene rings is 2. The van der Waals surface area contributed by atoms with Crippen molar-refractivity contribution in [2.75, 3.05) is 33.4 Å². The molecule has 0 radical (unpaired) electrons. The van der Waals surface area contributed by atoms with Crippen LogP contribution < -0.4 is 10.1 Å². The second kappa shape index (κ2) is 11.2. The number of nitrogens with one attached hydrogen (secondary N) is 1. The molecule has 2 aromatic carbocycles. The minimum atomic E-state index is -0.395. The van der Waals surface area contributed by atoms with E-state index in [1.54, 1.807) is 25.3 Å². The summed E-state index contributed by atoms with van der Waals surface area (Å²) in [4.78, 5) is 14.5. The van der Waals surface area contributed by atoms with Crippen molar-refractivity contribution in [3.8, 4) is 5.75 Å². The van der Waals surface area contributed by atoms with Gasteiger partial charge in [0.15, 0.2) is 0 Å². The van der Waals surface area contributed by atoms with E-state index < -0.39 is 5.60 Å². The molecule has 1 saturated heterocycles. The Bertz CT molecular complexity index is 868. The van der Waals surface area contributed by atoms with Crippen molar-refractivity contribution in [3.05, 3.63) is 63.6 Å². The molecule has 0 aliphatic carbocycles. The first-order valence-electron chi connectivity index (χ1n) is 10.2. The standard InChI is InChI=1S/C23H28Cl2N2O4/c1-30-23(16-31-19-6-7-20(24)21(25)12-19)8-10-27(11-9-23)14-22(29)26-13-17-2-4-18(15-28)5-3-17/h2-7,12,28H,8-11,13-16H2,1H3,(H,26,29). The molecule has 1 aliphatic rings. The molecule has 0 aromatic heterocycles. The summed E-state index contributed by atoms with van der Waals surface area (Å²) in [7, 11) is 1.70. The molecular weight excluding hydrogens is 439 g/mol. The lowest BCUT2D eigenvalue weighted by molar-refractivity contribution is -0.125. The second-order valence-electron chi connectivity index (χ2n) is 7.78. The molecule has 1 amide bonds. The molecule has 0 spiro atoms. The molecule has 8 heteroatoms. The minimum Gasteiger partial charge on any atom is -0.491 e. The largest absolute Gasteiger partial charge is 0.491 e. The lowest BCUT2D eigenvalue weighted by Crippen LogP contribution is -2.51. The number of aliphatic hydroxyl groups is 1. The van der Waals surface area contributed by atoms with Gasteiger partial charge in [0.25, 0.3) is 0 Å². The third-order valence-electron chi connectivity index (χ3n) is 5.66. The Morgan fingerprint density at radius 2 is 1.77 bits per heavy atom. The quantitative estimate of drug-likeness (QED) is 0.589. The van der Waals surface area contributed by atoms with E-state index in [1.165, 1.54) is 0 Å². The Kier molecular flexibility index (Phi) is 8.58. The van der Waals surface area contributed by atoms with E-state index in [2.05, 4.69) is 10.2 Å². The molecule has 0 atom stereocenters. The number of carbonyl (C=O) groups is 1. The number of likely N-dealkylation sites (tertiary alicyclic amines) is 1. The first-order valence-corrected chi connectivity index (χ1v) is 11.0. The SMILES string of the molecule is COC1(COc2ccc(Cl)c(Cl)c2)CCN(CC(=O)NCc2ccc(CO)cc2)CC1. The summed E-state index contributed by atoms with van der Waals surface area (Å²) in [6.07, 6.45) is 1.53. The molecule has 2 aromatic rings. The third-order valence-corrected chi connectivity index (χ3v) is 6.39. The van der Waals surface area contributed by atoms with Crippen molar-refractivity contribution in [2.24, 2.45) is 0 Å². The van der Waals surface area contributed by atoms with Gasteiger partial charge in [0.1, 0.15) is 18.0 Å². The maximum Gasteiger partial charge on any atom is 0.234 e. The number of halogens is 2. The van der Waals surface area contributed by atoms with E-state index in [0.717, 1.165) is 37.1 Å². The Morgan fingerprint density at radius 1 is 1.10 bits per heavy atom. The van der Waals surface area contributed by atoms with Gasteiger partial charge in [0.2, 0.25) is 5.91 Å². The summed E-state index contributed by atoms with van der Waals surface area (Å²) in [6, 6.07) is 12.7. The number of ether oxygens (including phenoxy) is 2. The van der Waals surface area contributed by atoms with Crippen molar-refractivity contribution in [1.29, 1.82) is 0 Å². The van der Waals surface area contributed by atoms with Gasteiger partial charge in [-0.15, -0.1) is 0 Å².